The Kier molecular flexibility index (Phi) is 4.06. The third kappa shape index (κ3) is 3.09. The molecule has 21 heavy (non-hydrogen) atoms. The third-order valence-electron chi connectivity index (χ3n) is 2.91. The van der Waals surface area contributed by atoms with Gasteiger partial charge in [0.2, 0.25) is 0 Å². The number of ketones is 1. The molecule has 1 aliphatic rings. The zero-order chi connectivity index (χ0) is 15.7. The van der Waals surface area contributed by atoms with Crippen molar-refractivity contribution in [3.05, 3.63) is 34.9 Å². The number of aliphatic imine (C=N–C) groups is 1. The highest BCUT2D eigenvalue weighted by Gasteiger charge is 2.32. The van der Waals surface area contributed by atoms with Gasteiger partial charge in [-0.15, -0.1) is 0 Å². The second-order valence-corrected chi connectivity index (χ2v) is 4.56. The van der Waals surface area contributed by atoms with Crippen LogP contribution < -0.4 is 0 Å². The van der Waals surface area contributed by atoms with E-state index >= 15 is 0 Å². The fourth-order valence-electron chi connectivity index (χ4n) is 1.59. The predicted molar refractivity (Wildman–Crippen MR) is 63.2 cm³/mol. The predicted octanol–water partition coefficient (Wildman–Crippen LogP) is 2.36. The maximum Gasteiger partial charge on any atom is 0.319 e. The molecule has 0 radical (unpaired) electrons. The third-order valence-corrected chi connectivity index (χ3v) is 2.91. The van der Waals surface area contributed by atoms with Crippen LogP contribution in [0.25, 0.3) is 0 Å². The molecule has 1 saturated carbocycles. The summed E-state index contributed by atoms with van der Waals surface area (Å²) in [6.45, 7) is 0. The minimum Gasteiger partial charge on any atom is -0.480 e. The number of nitrogens with zero attached hydrogens (tertiary/aromatic N) is 1. The van der Waals surface area contributed by atoms with Crippen molar-refractivity contribution < 1.29 is 32.3 Å². The Morgan fingerprint density at radius 2 is 1.81 bits per heavy atom. The van der Waals surface area contributed by atoms with Gasteiger partial charge in [0.15, 0.2) is 35.0 Å². The van der Waals surface area contributed by atoms with Gasteiger partial charge in [-0.25, -0.2) is 17.6 Å². The van der Waals surface area contributed by atoms with Gasteiger partial charge in [-0.1, -0.05) is 0 Å². The smallest absolute Gasteiger partial charge is 0.319 e. The molecule has 4 nitrogen and oxygen atoms in total. The van der Waals surface area contributed by atoms with E-state index in [1.54, 1.807) is 0 Å². The Hall–Kier alpha value is -2.25. The van der Waals surface area contributed by atoms with Crippen molar-refractivity contribution in [2.75, 3.05) is 0 Å². The Labute approximate surface area is 116 Å². The quantitative estimate of drug-likeness (QED) is 0.227. The van der Waals surface area contributed by atoms with Crippen LogP contribution in [0.4, 0.5) is 17.6 Å². The number of benzene rings is 1. The fraction of sp³-hybridized carbons (Fsp3) is 0.308. The van der Waals surface area contributed by atoms with Crippen molar-refractivity contribution in [2.45, 2.75) is 18.9 Å². The number of carbonyl (C=O) groups is 2. The molecular formula is C13H9F4NO3. The van der Waals surface area contributed by atoms with Crippen LogP contribution in [0.15, 0.2) is 11.1 Å². The summed E-state index contributed by atoms with van der Waals surface area (Å²) in [5.41, 5.74) is -1.17. The lowest BCUT2D eigenvalue weighted by atomic mass is 9.97. The average molecular weight is 303 g/mol. The van der Waals surface area contributed by atoms with Crippen LogP contribution in [0.2, 0.25) is 0 Å². The van der Waals surface area contributed by atoms with Crippen molar-refractivity contribution >= 4 is 18.0 Å². The van der Waals surface area contributed by atoms with E-state index in [0.717, 1.165) is 19.1 Å². The van der Waals surface area contributed by atoms with Crippen molar-refractivity contribution in [2.24, 2.45) is 10.9 Å². The first-order chi connectivity index (χ1) is 9.82. The number of hydrogen-bond donors (Lipinski definition) is 1. The molecule has 0 bridgehead atoms. The standard InChI is InChI=1S/C13H9F4NO3/c14-8-3-6(9(15)11(17)10(8)16)12(19)7(13(20)21)4-18-5-1-2-5/h3-5,7H,1-2H2,(H,20,21). The molecule has 0 amide bonds. The van der Waals surface area contributed by atoms with Gasteiger partial charge in [-0.05, 0) is 18.9 Å². The fourth-order valence-corrected chi connectivity index (χ4v) is 1.59. The highest BCUT2D eigenvalue weighted by atomic mass is 19.2. The van der Waals surface area contributed by atoms with Gasteiger partial charge in [0, 0.05) is 12.3 Å². The van der Waals surface area contributed by atoms with Crippen LogP contribution in [0.1, 0.15) is 23.2 Å². The van der Waals surface area contributed by atoms with E-state index < -0.39 is 46.5 Å². The number of rotatable bonds is 5. The van der Waals surface area contributed by atoms with Crippen LogP contribution in [0, 0.1) is 29.2 Å². The SMILES string of the molecule is O=C(O)C(C=NC1CC1)C(=O)c1cc(F)c(F)c(F)c1F. The summed E-state index contributed by atoms with van der Waals surface area (Å²) in [7, 11) is 0. The highest BCUT2D eigenvalue weighted by molar-refractivity contribution is 6.18. The lowest BCUT2D eigenvalue weighted by Gasteiger charge is -2.08. The van der Waals surface area contributed by atoms with E-state index in [2.05, 4.69) is 4.99 Å². The molecule has 0 aliphatic heterocycles. The largest absolute Gasteiger partial charge is 0.480 e. The Morgan fingerprint density at radius 3 is 2.33 bits per heavy atom. The van der Waals surface area contributed by atoms with Gasteiger partial charge >= 0.3 is 5.97 Å². The molecule has 0 heterocycles. The molecule has 8 heteroatoms. The maximum absolute atomic E-state index is 13.5. The van der Waals surface area contributed by atoms with E-state index in [1.165, 1.54) is 0 Å². The molecule has 1 aromatic carbocycles. The monoisotopic (exact) mass is 303 g/mol. The second-order valence-electron chi connectivity index (χ2n) is 4.56. The van der Waals surface area contributed by atoms with Crippen LogP contribution in [-0.2, 0) is 4.79 Å². The van der Waals surface area contributed by atoms with Gasteiger partial charge in [0.25, 0.3) is 0 Å². The highest BCUT2D eigenvalue weighted by Crippen LogP contribution is 2.24. The zero-order valence-electron chi connectivity index (χ0n) is 10.4. The molecule has 0 spiro atoms. The van der Waals surface area contributed by atoms with Gasteiger partial charge in [-0.3, -0.25) is 14.6 Å². The van der Waals surface area contributed by atoms with Crippen molar-refractivity contribution in [1.29, 1.82) is 0 Å². The molecule has 1 unspecified atom stereocenters. The molecule has 1 N–H and O–H groups in total. The maximum atomic E-state index is 13.5. The zero-order valence-corrected chi connectivity index (χ0v) is 10.4. The topological polar surface area (TPSA) is 66.7 Å². The van der Waals surface area contributed by atoms with Gasteiger partial charge in [-0.2, -0.15) is 0 Å². The van der Waals surface area contributed by atoms with Gasteiger partial charge < -0.3 is 5.11 Å². The van der Waals surface area contributed by atoms with E-state index in [-0.39, 0.29) is 12.1 Å². The number of Topliss-reactive ketones (excluding diaryl/α,β-unsaturated/α-hetero) is 1. The summed E-state index contributed by atoms with van der Waals surface area (Å²) in [5.74, 6) is -12.9. The molecular weight excluding hydrogens is 294 g/mol. The van der Waals surface area contributed by atoms with E-state index in [9.17, 15) is 27.2 Å². The molecule has 1 aliphatic carbocycles. The second kappa shape index (κ2) is 5.63. The Bertz CT molecular complexity index is 641. The minimum absolute atomic E-state index is 0.0915. The molecule has 1 aromatic rings. The number of hydrogen-bond acceptors (Lipinski definition) is 3. The molecule has 0 aromatic heterocycles. The summed E-state index contributed by atoms with van der Waals surface area (Å²) < 4.78 is 52.4. The first kappa shape index (κ1) is 15.1. The first-order valence-corrected chi connectivity index (χ1v) is 5.96. The van der Waals surface area contributed by atoms with Crippen LogP contribution in [-0.4, -0.2) is 29.1 Å². The molecule has 1 atom stereocenters. The average Bonchev–Trinajstić information content (AvgIpc) is 3.24. The number of aliphatic carboxylic acids is 1. The van der Waals surface area contributed by atoms with E-state index in [0.29, 0.717) is 0 Å². The molecule has 112 valence electrons. The number of carboxylic acid groups (broad SMARTS) is 1. The normalized spacial score (nSPS) is 16.2. The van der Waals surface area contributed by atoms with Gasteiger partial charge in [0.05, 0.1) is 5.56 Å². The summed E-state index contributed by atoms with van der Waals surface area (Å²) in [6.07, 6.45) is 2.29. The van der Waals surface area contributed by atoms with E-state index in [1.807, 2.05) is 0 Å². The minimum atomic E-state index is -2.17. The van der Waals surface area contributed by atoms with Crippen LogP contribution >= 0.6 is 0 Å². The van der Waals surface area contributed by atoms with Crippen LogP contribution in [0.5, 0.6) is 0 Å². The van der Waals surface area contributed by atoms with Crippen molar-refractivity contribution in [1.82, 2.24) is 0 Å². The Morgan fingerprint density at radius 1 is 1.19 bits per heavy atom. The van der Waals surface area contributed by atoms with Crippen LogP contribution in [0.3, 0.4) is 0 Å². The van der Waals surface area contributed by atoms with Gasteiger partial charge in [0.1, 0.15) is 0 Å². The van der Waals surface area contributed by atoms with Crippen molar-refractivity contribution in [3.8, 4) is 0 Å². The lowest BCUT2D eigenvalue weighted by molar-refractivity contribution is -0.137. The molecule has 1 fully saturated rings. The number of carboxylic acids is 1. The Balaban J connectivity index is 2.38. The van der Waals surface area contributed by atoms with E-state index in [4.69, 9.17) is 5.11 Å². The summed E-state index contributed by atoms with van der Waals surface area (Å²) in [6, 6.07) is 0.0444. The molecule has 2 rings (SSSR count). The first-order valence-electron chi connectivity index (χ1n) is 5.96. The number of carbonyl (C=O) groups excluding carboxylic acids is 1. The summed E-state index contributed by atoms with van der Waals surface area (Å²) in [5, 5.41) is 8.93. The lowest BCUT2D eigenvalue weighted by Crippen LogP contribution is -2.27. The van der Waals surface area contributed by atoms with Crippen molar-refractivity contribution in [3.63, 3.8) is 0 Å². The molecule has 0 saturated heterocycles. The number of halogens is 4. The summed E-state index contributed by atoms with van der Waals surface area (Å²) in [4.78, 5) is 26.7. The summed E-state index contributed by atoms with van der Waals surface area (Å²) >= 11 is 0.